The van der Waals surface area contributed by atoms with E-state index in [1.165, 1.54) is 5.56 Å². The van der Waals surface area contributed by atoms with Gasteiger partial charge in [0.2, 0.25) is 11.8 Å². The Labute approximate surface area is 186 Å². The van der Waals surface area contributed by atoms with E-state index in [2.05, 4.69) is 43.4 Å². The summed E-state index contributed by atoms with van der Waals surface area (Å²) in [6.07, 6.45) is 1.01. The fourth-order valence-corrected chi connectivity index (χ4v) is 3.38. The van der Waals surface area contributed by atoms with Gasteiger partial charge in [-0.3, -0.25) is 9.59 Å². The van der Waals surface area contributed by atoms with E-state index in [1.807, 2.05) is 38.1 Å². The van der Waals surface area contributed by atoms with Crippen molar-refractivity contribution in [3.8, 4) is 5.75 Å². The summed E-state index contributed by atoms with van der Waals surface area (Å²) in [6, 6.07) is 15.5. The zero-order chi connectivity index (χ0) is 23.0. The number of aryl methyl sites for hydroxylation is 1. The van der Waals surface area contributed by atoms with Crippen LogP contribution >= 0.6 is 0 Å². The molecule has 0 aliphatic carbocycles. The first kappa shape index (κ1) is 24.4. The van der Waals surface area contributed by atoms with Crippen LogP contribution in [0.5, 0.6) is 5.75 Å². The van der Waals surface area contributed by atoms with Crippen LogP contribution in [0.2, 0.25) is 0 Å². The quantitative estimate of drug-likeness (QED) is 0.602. The van der Waals surface area contributed by atoms with Gasteiger partial charge in [-0.2, -0.15) is 0 Å². The molecular formula is C26H36N2O3. The Hall–Kier alpha value is -2.82. The number of nitrogens with one attached hydrogen (secondary N) is 1. The summed E-state index contributed by atoms with van der Waals surface area (Å²) in [6.45, 7) is 10.3. The Morgan fingerprint density at radius 3 is 2.00 bits per heavy atom. The van der Waals surface area contributed by atoms with E-state index in [-0.39, 0.29) is 17.9 Å². The maximum atomic E-state index is 13.2. The molecule has 5 nitrogen and oxygen atoms in total. The molecule has 0 saturated carbocycles. The topological polar surface area (TPSA) is 58.6 Å². The maximum Gasteiger partial charge on any atom is 0.242 e. The Morgan fingerprint density at radius 1 is 0.903 bits per heavy atom. The number of nitrogens with zero attached hydrogens (tertiary/aromatic N) is 1. The number of hydrogen-bond donors (Lipinski definition) is 1. The monoisotopic (exact) mass is 424 g/mol. The predicted octanol–water partition coefficient (Wildman–Crippen LogP) is 4.69. The van der Waals surface area contributed by atoms with E-state index in [0.717, 1.165) is 16.9 Å². The molecular weight excluding hydrogens is 388 g/mol. The smallest absolute Gasteiger partial charge is 0.242 e. The van der Waals surface area contributed by atoms with Crippen LogP contribution in [0.25, 0.3) is 0 Å². The summed E-state index contributed by atoms with van der Waals surface area (Å²) < 4.78 is 5.22. The number of benzene rings is 2. The van der Waals surface area contributed by atoms with E-state index in [1.54, 1.807) is 18.9 Å². The van der Waals surface area contributed by atoms with Crippen LogP contribution in [0, 0.1) is 0 Å². The van der Waals surface area contributed by atoms with Gasteiger partial charge in [-0.15, -0.1) is 0 Å². The van der Waals surface area contributed by atoms with Gasteiger partial charge in [0.15, 0.2) is 0 Å². The summed E-state index contributed by atoms with van der Waals surface area (Å²) in [5, 5.41) is 2.92. The number of carbonyl (C=O) groups excluding carboxylic acids is 2. The summed E-state index contributed by atoms with van der Waals surface area (Å²) >= 11 is 0. The standard InChI is InChI=1S/C26H36N2O3/c1-18(2)23-12-7-21(8-13-23)11-16-25(29)28(20(5)26(30)27-19(3)4)17-22-9-14-24(31-6)15-10-22/h7-10,12-15,18-20H,11,16-17H2,1-6H3,(H,27,30). The van der Waals surface area contributed by atoms with Crippen LogP contribution < -0.4 is 10.1 Å². The van der Waals surface area contributed by atoms with Gasteiger partial charge in [-0.25, -0.2) is 0 Å². The van der Waals surface area contributed by atoms with Crippen molar-refractivity contribution in [2.75, 3.05) is 7.11 Å². The molecule has 0 saturated heterocycles. The minimum absolute atomic E-state index is 0.0207. The molecule has 0 aliphatic heterocycles. The third-order valence-electron chi connectivity index (χ3n) is 5.38. The first-order valence-electron chi connectivity index (χ1n) is 11.0. The molecule has 0 fully saturated rings. The van der Waals surface area contributed by atoms with Gasteiger partial charge < -0.3 is 15.0 Å². The second-order valence-electron chi connectivity index (χ2n) is 8.61. The fraction of sp³-hybridized carbons (Fsp3) is 0.462. The molecule has 0 aliphatic rings. The highest BCUT2D eigenvalue weighted by Gasteiger charge is 2.26. The van der Waals surface area contributed by atoms with Gasteiger partial charge in [0.25, 0.3) is 0 Å². The van der Waals surface area contributed by atoms with Gasteiger partial charge >= 0.3 is 0 Å². The Balaban J connectivity index is 2.12. The third-order valence-corrected chi connectivity index (χ3v) is 5.38. The number of ether oxygens (including phenoxy) is 1. The van der Waals surface area contributed by atoms with Gasteiger partial charge in [-0.1, -0.05) is 50.2 Å². The molecule has 168 valence electrons. The molecule has 1 unspecified atom stereocenters. The molecule has 0 radical (unpaired) electrons. The lowest BCUT2D eigenvalue weighted by atomic mass is 10.00. The van der Waals surface area contributed by atoms with Crippen molar-refractivity contribution in [3.63, 3.8) is 0 Å². The van der Waals surface area contributed by atoms with Crippen molar-refractivity contribution in [2.45, 2.75) is 72.0 Å². The van der Waals surface area contributed by atoms with Crippen LogP contribution in [-0.2, 0) is 22.6 Å². The minimum Gasteiger partial charge on any atom is -0.497 e. The highest BCUT2D eigenvalue weighted by molar-refractivity contribution is 5.87. The first-order chi connectivity index (χ1) is 14.7. The van der Waals surface area contributed by atoms with E-state index in [9.17, 15) is 9.59 Å². The molecule has 2 rings (SSSR count). The van der Waals surface area contributed by atoms with Gasteiger partial charge in [0, 0.05) is 19.0 Å². The fourth-order valence-electron chi connectivity index (χ4n) is 3.38. The van der Waals surface area contributed by atoms with E-state index in [4.69, 9.17) is 4.74 Å². The predicted molar refractivity (Wildman–Crippen MR) is 125 cm³/mol. The second-order valence-corrected chi connectivity index (χ2v) is 8.61. The molecule has 2 aromatic carbocycles. The summed E-state index contributed by atoms with van der Waals surface area (Å²) in [5.41, 5.74) is 3.37. The Kier molecular flexibility index (Phi) is 9.10. The Morgan fingerprint density at radius 2 is 1.48 bits per heavy atom. The van der Waals surface area contributed by atoms with Crippen molar-refractivity contribution in [2.24, 2.45) is 0 Å². The van der Waals surface area contributed by atoms with Gasteiger partial charge in [-0.05, 0) is 61.9 Å². The van der Waals surface area contributed by atoms with Crippen LogP contribution in [0.1, 0.15) is 63.6 Å². The average molecular weight is 425 g/mol. The van der Waals surface area contributed by atoms with Crippen molar-refractivity contribution in [1.29, 1.82) is 0 Å². The first-order valence-corrected chi connectivity index (χ1v) is 11.0. The molecule has 5 heteroatoms. The normalized spacial score (nSPS) is 12.0. The van der Waals surface area contributed by atoms with Crippen LogP contribution in [0.15, 0.2) is 48.5 Å². The van der Waals surface area contributed by atoms with Crippen LogP contribution in [0.3, 0.4) is 0 Å². The molecule has 31 heavy (non-hydrogen) atoms. The van der Waals surface area contributed by atoms with E-state index < -0.39 is 6.04 Å². The number of amides is 2. The molecule has 2 amide bonds. The number of hydrogen-bond acceptors (Lipinski definition) is 3. The van der Waals surface area contributed by atoms with E-state index >= 15 is 0 Å². The molecule has 1 atom stereocenters. The lowest BCUT2D eigenvalue weighted by molar-refractivity contribution is -0.140. The van der Waals surface area contributed by atoms with Crippen molar-refractivity contribution in [3.05, 3.63) is 65.2 Å². The molecule has 1 N–H and O–H groups in total. The SMILES string of the molecule is COc1ccc(CN(C(=O)CCc2ccc(C(C)C)cc2)C(C)C(=O)NC(C)C)cc1. The molecule has 0 bridgehead atoms. The largest absolute Gasteiger partial charge is 0.497 e. The second kappa shape index (κ2) is 11.5. The van der Waals surface area contributed by atoms with Crippen molar-refractivity contribution >= 4 is 11.8 Å². The molecule has 2 aromatic rings. The lowest BCUT2D eigenvalue weighted by Crippen LogP contribution is -2.49. The Bertz CT molecular complexity index is 842. The van der Waals surface area contributed by atoms with Crippen LogP contribution in [0.4, 0.5) is 0 Å². The summed E-state index contributed by atoms with van der Waals surface area (Å²) in [7, 11) is 1.62. The lowest BCUT2D eigenvalue weighted by Gasteiger charge is -2.29. The van der Waals surface area contributed by atoms with Crippen LogP contribution in [-0.4, -0.2) is 35.9 Å². The van der Waals surface area contributed by atoms with E-state index in [0.29, 0.717) is 25.3 Å². The highest BCUT2D eigenvalue weighted by Crippen LogP contribution is 2.18. The zero-order valence-corrected chi connectivity index (χ0v) is 19.6. The van der Waals surface area contributed by atoms with Crippen molar-refractivity contribution < 1.29 is 14.3 Å². The molecule has 0 heterocycles. The average Bonchev–Trinajstić information content (AvgIpc) is 2.75. The van der Waals surface area contributed by atoms with Crippen molar-refractivity contribution in [1.82, 2.24) is 10.2 Å². The molecule has 0 aromatic heterocycles. The zero-order valence-electron chi connectivity index (χ0n) is 19.6. The maximum absolute atomic E-state index is 13.2. The number of methoxy groups -OCH3 is 1. The number of carbonyl (C=O) groups is 2. The summed E-state index contributed by atoms with van der Waals surface area (Å²) in [5.74, 6) is 1.07. The summed E-state index contributed by atoms with van der Waals surface area (Å²) in [4.78, 5) is 27.5. The van der Waals surface area contributed by atoms with Gasteiger partial charge in [0.1, 0.15) is 11.8 Å². The highest BCUT2D eigenvalue weighted by atomic mass is 16.5. The molecule has 0 spiro atoms. The van der Waals surface area contributed by atoms with Gasteiger partial charge in [0.05, 0.1) is 7.11 Å². The minimum atomic E-state index is -0.555. The number of rotatable bonds is 10. The third kappa shape index (κ3) is 7.42.